The van der Waals surface area contributed by atoms with Crippen molar-refractivity contribution in [2.75, 3.05) is 11.9 Å². The molecule has 0 radical (unpaired) electrons. The minimum atomic E-state index is -0.158. The Morgan fingerprint density at radius 1 is 1.00 bits per heavy atom. The minimum absolute atomic E-state index is 0.158. The molecule has 20 heavy (non-hydrogen) atoms. The van der Waals surface area contributed by atoms with Crippen LogP contribution < -0.4 is 10.6 Å². The molecule has 0 bridgehead atoms. The van der Waals surface area contributed by atoms with E-state index in [9.17, 15) is 4.79 Å². The van der Waals surface area contributed by atoms with Gasteiger partial charge in [-0.15, -0.1) is 0 Å². The summed E-state index contributed by atoms with van der Waals surface area (Å²) in [7, 11) is 0. The fourth-order valence-electron chi connectivity index (χ4n) is 2.02. The molecule has 0 aliphatic rings. The van der Waals surface area contributed by atoms with Gasteiger partial charge in [-0.1, -0.05) is 42.5 Å². The van der Waals surface area contributed by atoms with Gasteiger partial charge in [0.1, 0.15) is 0 Å². The number of rotatable bonds is 4. The molecule has 0 aliphatic carbocycles. The molecule has 0 unspecified atom stereocenters. The van der Waals surface area contributed by atoms with Gasteiger partial charge in [-0.25, -0.2) is 4.79 Å². The molecule has 2 N–H and O–H groups in total. The summed E-state index contributed by atoms with van der Waals surface area (Å²) in [5.74, 6) is 0. The summed E-state index contributed by atoms with van der Waals surface area (Å²) < 4.78 is 0. The number of amides is 2. The van der Waals surface area contributed by atoms with Crippen molar-refractivity contribution in [1.29, 1.82) is 0 Å². The first kappa shape index (κ1) is 14.1. The monoisotopic (exact) mass is 268 g/mol. The summed E-state index contributed by atoms with van der Waals surface area (Å²) in [6.45, 7) is 4.67. The Morgan fingerprint density at radius 2 is 1.75 bits per heavy atom. The fourth-order valence-corrected chi connectivity index (χ4v) is 2.02. The lowest BCUT2D eigenvalue weighted by atomic mass is 10.1. The van der Waals surface area contributed by atoms with Gasteiger partial charge in [0, 0.05) is 12.2 Å². The first-order valence-electron chi connectivity index (χ1n) is 6.82. The second kappa shape index (κ2) is 6.75. The van der Waals surface area contributed by atoms with Gasteiger partial charge >= 0.3 is 6.03 Å². The van der Waals surface area contributed by atoms with E-state index < -0.39 is 0 Å². The highest BCUT2D eigenvalue weighted by atomic mass is 16.2. The van der Waals surface area contributed by atoms with Crippen LogP contribution in [0.2, 0.25) is 0 Å². The van der Waals surface area contributed by atoms with Crippen molar-refractivity contribution in [1.82, 2.24) is 5.32 Å². The van der Waals surface area contributed by atoms with Crippen molar-refractivity contribution in [3.8, 4) is 0 Å². The molecule has 0 heterocycles. The Balaban J connectivity index is 1.82. The predicted octanol–water partition coefficient (Wildman–Crippen LogP) is 3.67. The summed E-state index contributed by atoms with van der Waals surface area (Å²) in [5.41, 5.74) is 4.36. The Hall–Kier alpha value is -2.29. The summed E-state index contributed by atoms with van der Waals surface area (Å²) >= 11 is 0. The van der Waals surface area contributed by atoms with E-state index in [1.54, 1.807) is 0 Å². The summed E-state index contributed by atoms with van der Waals surface area (Å²) in [4.78, 5) is 11.8. The van der Waals surface area contributed by atoms with Crippen molar-refractivity contribution in [2.45, 2.75) is 20.3 Å². The number of urea groups is 1. The van der Waals surface area contributed by atoms with E-state index in [2.05, 4.69) is 22.8 Å². The highest BCUT2D eigenvalue weighted by molar-refractivity contribution is 5.90. The number of benzene rings is 2. The number of carbonyl (C=O) groups excluding carboxylic acids is 1. The maximum absolute atomic E-state index is 11.8. The smallest absolute Gasteiger partial charge is 0.319 e. The van der Waals surface area contributed by atoms with E-state index in [-0.39, 0.29) is 6.03 Å². The Bertz CT molecular complexity index is 579. The molecule has 0 saturated carbocycles. The molecule has 3 heteroatoms. The Labute approximate surface area is 120 Å². The van der Waals surface area contributed by atoms with Crippen LogP contribution in [0, 0.1) is 13.8 Å². The molecular formula is C17H20N2O. The largest absolute Gasteiger partial charge is 0.338 e. The quantitative estimate of drug-likeness (QED) is 0.872. The minimum Gasteiger partial charge on any atom is -0.338 e. The highest BCUT2D eigenvalue weighted by Gasteiger charge is 2.04. The summed E-state index contributed by atoms with van der Waals surface area (Å²) in [6.07, 6.45) is 0.834. The van der Waals surface area contributed by atoms with E-state index in [0.717, 1.165) is 17.7 Å². The second-order valence-corrected chi connectivity index (χ2v) is 4.86. The lowest BCUT2D eigenvalue weighted by Gasteiger charge is -2.11. The molecular weight excluding hydrogens is 248 g/mol. The van der Waals surface area contributed by atoms with E-state index >= 15 is 0 Å². The average molecular weight is 268 g/mol. The predicted molar refractivity (Wildman–Crippen MR) is 83.1 cm³/mol. The number of nitrogens with one attached hydrogen (secondary N) is 2. The lowest BCUT2D eigenvalue weighted by Crippen LogP contribution is -2.30. The van der Waals surface area contributed by atoms with Crippen molar-refractivity contribution >= 4 is 11.7 Å². The van der Waals surface area contributed by atoms with Crippen LogP contribution in [-0.4, -0.2) is 12.6 Å². The number of anilines is 1. The third kappa shape index (κ3) is 3.85. The molecule has 2 aromatic carbocycles. The van der Waals surface area contributed by atoms with Crippen LogP contribution in [0.5, 0.6) is 0 Å². The van der Waals surface area contributed by atoms with Crippen molar-refractivity contribution < 1.29 is 4.79 Å². The standard InChI is InChI=1S/C17H20N2O/c1-13-7-6-10-16(14(13)2)19-17(20)18-12-11-15-8-4-3-5-9-15/h3-10H,11-12H2,1-2H3,(H2,18,19,20). The van der Waals surface area contributed by atoms with Crippen molar-refractivity contribution in [3.63, 3.8) is 0 Å². The molecule has 0 spiro atoms. The average Bonchev–Trinajstić information content (AvgIpc) is 2.45. The van der Waals surface area contributed by atoms with Crippen LogP contribution in [-0.2, 0) is 6.42 Å². The van der Waals surface area contributed by atoms with E-state index in [1.807, 2.05) is 50.2 Å². The van der Waals surface area contributed by atoms with Gasteiger partial charge in [0.2, 0.25) is 0 Å². The molecule has 2 amide bonds. The molecule has 0 aliphatic heterocycles. The van der Waals surface area contributed by atoms with Gasteiger partial charge in [0.25, 0.3) is 0 Å². The molecule has 3 nitrogen and oxygen atoms in total. The number of aryl methyl sites for hydroxylation is 1. The number of carbonyl (C=O) groups is 1. The number of hydrogen-bond acceptors (Lipinski definition) is 1. The first-order chi connectivity index (χ1) is 9.66. The molecule has 0 saturated heterocycles. The Kier molecular flexibility index (Phi) is 4.77. The SMILES string of the molecule is Cc1cccc(NC(=O)NCCc2ccccc2)c1C. The Morgan fingerprint density at radius 3 is 2.50 bits per heavy atom. The number of hydrogen-bond donors (Lipinski definition) is 2. The molecule has 104 valence electrons. The second-order valence-electron chi connectivity index (χ2n) is 4.86. The topological polar surface area (TPSA) is 41.1 Å². The van der Waals surface area contributed by atoms with Crippen LogP contribution in [0.1, 0.15) is 16.7 Å². The summed E-state index contributed by atoms with van der Waals surface area (Å²) in [5, 5.41) is 5.76. The fraction of sp³-hybridized carbons (Fsp3) is 0.235. The zero-order valence-corrected chi connectivity index (χ0v) is 11.9. The maximum atomic E-state index is 11.8. The first-order valence-corrected chi connectivity index (χ1v) is 6.82. The van der Waals surface area contributed by atoms with Gasteiger partial charge in [-0.2, -0.15) is 0 Å². The van der Waals surface area contributed by atoms with Gasteiger partial charge in [-0.05, 0) is 43.0 Å². The third-order valence-electron chi connectivity index (χ3n) is 3.39. The zero-order chi connectivity index (χ0) is 14.4. The molecule has 2 rings (SSSR count). The van der Waals surface area contributed by atoms with Crippen LogP contribution >= 0.6 is 0 Å². The van der Waals surface area contributed by atoms with Crippen LogP contribution in [0.25, 0.3) is 0 Å². The third-order valence-corrected chi connectivity index (χ3v) is 3.39. The van der Waals surface area contributed by atoms with Gasteiger partial charge < -0.3 is 10.6 Å². The molecule has 2 aromatic rings. The molecule has 0 aromatic heterocycles. The van der Waals surface area contributed by atoms with Gasteiger partial charge in [0.15, 0.2) is 0 Å². The van der Waals surface area contributed by atoms with Crippen LogP contribution in [0.3, 0.4) is 0 Å². The van der Waals surface area contributed by atoms with Crippen LogP contribution in [0.15, 0.2) is 48.5 Å². The molecule has 0 fully saturated rings. The van der Waals surface area contributed by atoms with Crippen LogP contribution in [0.4, 0.5) is 10.5 Å². The van der Waals surface area contributed by atoms with Crippen molar-refractivity contribution in [3.05, 3.63) is 65.2 Å². The van der Waals surface area contributed by atoms with Gasteiger partial charge in [-0.3, -0.25) is 0 Å². The zero-order valence-electron chi connectivity index (χ0n) is 11.9. The van der Waals surface area contributed by atoms with Crippen molar-refractivity contribution in [2.24, 2.45) is 0 Å². The van der Waals surface area contributed by atoms with E-state index in [4.69, 9.17) is 0 Å². The van der Waals surface area contributed by atoms with E-state index in [0.29, 0.717) is 6.54 Å². The lowest BCUT2D eigenvalue weighted by molar-refractivity contribution is 0.252. The maximum Gasteiger partial charge on any atom is 0.319 e. The highest BCUT2D eigenvalue weighted by Crippen LogP contribution is 2.17. The van der Waals surface area contributed by atoms with Gasteiger partial charge in [0.05, 0.1) is 0 Å². The molecule has 0 atom stereocenters. The van der Waals surface area contributed by atoms with E-state index in [1.165, 1.54) is 11.1 Å². The summed E-state index contributed by atoms with van der Waals surface area (Å²) in [6, 6.07) is 15.9. The normalized spacial score (nSPS) is 10.1.